The van der Waals surface area contributed by atoms with Crippen LogP contribution in [0.15, 0.2) is 33.3 Å². The molecule has 4 nitrogen and oxygen atoms in total. The second-order valence-corrected chi connectivity index (χ2v) is 6.80. The number of aromatic nitrogens is 2. The Morgan fingerprint density at radius 2 is 2.29 bits per heavy atom. The van der Waals surface area contributed by atoms with Crippen LogP contribution in [0.25, 0.3) is 0 Å². The highest BCUT2D eigenvalue weighted by atomic mass is 79.9. The zero-order valence-corrected chi connectivity index (χ0v) is 14.0. The topological polar surface area (TPSA) is 42.2 Å². The van der Waals surface area contributed by atoms with Gasteiger partial charge < -0.3 is 4.52 Å². The molecule has 0 bridgehead atoms. The van der Waals surface area contributed by atoms with Crippen LogP contribution in [0, 0.1) is 0 Å². The van der Waals surface area contributed by atoms with Gasteiger partial charge in [0.15, 0.2) is 5.82 Å². The van der Waals surface area contributed by atoms with E-state index < -0.39 is 0 Å². The third-order valence-corrected chi connectivity index (χ3v) is 4.43. The van der Waals surface area contributed by atoms with Crippen molar-refractivity contribution < 1.29 is 4.52 Å². The minimum absolute atomic E-state index is 0.307. The average Bonchev–Trinajstić information content (AvgIpc) is 3.08. The van der Waals surface area contributed by atoms with E-state index in [0.29, 0.717) is 12.0 Å². The molecule has 0 saturated carbocycles. The lowest BCUT2D eigenvalue weighted by Gasteiger charge is -2.23. The van der Waals surface area contributed by atoms with Gasteiger partial charge in [-0.15, -0.1) is 0 Å². The van der Waals surface area contributed by atoms with Crippen molar-refractivity contribution in [3.05, 3.63) is 46.0 Å². The SMILES string of the molecule is CC(C)c1noc(CN2CCCC2c2cccc(Br)c2)n1. The maximum absolute atomic E-state index is 5.38. The number of rotatable bonds is 4. The monoisotopic (exact) mass is 349 g/mol. The van der Waals surface area contributed by atoms with Crippen molar-refractivity contribution in [3.63, 3.8) is 0 Å². The van der Waals surface area contributed by atoms with Crippen LogP contribution in [0.5, 0.6) is 0 Å². The first-order valence-corrected chi connectivity index (χ1v) is 8.25. The summed E-state index contributed by atoms with van der Waals surface area (Å²) < 4.78 is 6.52. The fourth-order valence-corrected chi connectivity index (χ4v) is 3.26. The fourth-order valence-electron chi connectivity index (χ4n) is 2.85. The van der Waals surface area contributed by atoms with Gasteiger partial charge in [-0.1, -0.05) is 47.1 Å². The van der Waals surface area contributed by atoms with Crippen molar-refractivity contribution in [2.75, 3.05) is 6.54 Å². The molecule has 1 aliphatic heterocycles. The van der Waals surface area contributed by atoms with Crippen LogP contribution in [-0.4, -0.2) is 21.6 Å². The Hall–Kier alpha value is -1.20. The van der Waals surface area contributed by atoms with E-state index in [1.54, 1.807) is 0 Å². The lowest BCUT2D eigenvalue weighted by Crippen LogP contribution is -2.23. The fraction of sp³-hybridized carbons (Fsp3) is 0.500. The zero-order chi connectivity index (χ0) is 14.8. The van der Waals surface area contributed by atoms with Gasteiger partial charge in [0.25, 0.3) is 0 Å². The van der Waals surface area contributed by atoms with Gasteiger partial charge in [-0.3, -0.25) is 4.90 Å². The summed E-state index contributed by atoms with van der Waals surface area (Å²) in [5.74, 6) is 1.82. The highest BCUT2D eigenvalue weighted by molar-refractivity contribution is 9.10. The molecule has 21 heavy (non-hydrogen) atoms. The predicted molar refractivity (Wildman–Crippen MR) is 84.9 cm³/mol. The second kappa shape index (κ2) is 6.28. The van der Waals surface area contributed by atoms with E-state index in [2.05, 4.69) is 69.1 Å². The van der Waals surface area contributed by atoms with Gasteiger partial charge >= 0.3 is 0 Å². The summed E-state index contributed by atoms with van der Waals surface area (Å²) in [6, 6.07) is 9.00. The Labute approximate surface area is 133 Å². The van der Waals surface area contributed by atoms with Crippen molar-refractivity contribution in [3.8, 4) is 0 Å². The van der Waals surface area contributed by atoms with Crippen LogP contribution >= 0.6 is 15.9 Å². The molecule has 0 spiro atoms. The van der Waals surface area contributed by atoms with E-state index >= 15 is 0 Å². The van der Waals surface area contributed by atoms with E-state index in [1.165, 1.54) is 18.4 Å². The normalized spacial score (nSPS) is 19.5. The first-order chi connectivity index (χ1) is 10.1. The number of benzene rings is 1. The maximum Gasteiger partial charge on any atom is 0.240 e. The lowest BCUT2D eigenvalue weighted by atomic mass is 10.0. The van der Waals surface area contributed by atoms with Gasteiger partial charge in [0.05, 0.1) is 6.54 Å². The molecule has 1 aromatic heterocycles. The molecular formula is C16H20BrN3O. The second-order valence-electron chi connectivity index (χ2n) is 5.88. The molecule has 3 rings (SSSR count). The molecule has 1 atom stereocenters. The van der Waals surface area contributed by atoms with Crippen molar-refractivity contribution in [2.24, 2.45) is 0 Å². The summed E-state index contributed by atoms with van der Waals surface area (Å²) >= 11 is 3.56. The number of nitrogens with zero attached hydrogens (tertiary/aromatic N) is 3. The first-order valence-electron chi connectivity index (χ1n) is 7.45. The molecule has 112 valence electrons. The number of hydrogen-bond donors (Lipinski definition) is 0. The minimum Gasteiger partial charge on any atom is -0.338 e. The Morgan fingerprint density at radius 3 is 3.00 bits per heavy atom. The molecule has 1 aromatic carbocycles. The summed E-state index contributed by atoms with van der Waals surface area (Å²) in [4.78, 5) is 6.92. The largest absolute Gasteiger partial charge is 0.338 e. The summed E-state index contributed by atoms with van der Waals surface area (Å²) in [5.41, 5.74) is 1.35. The van der Waals surface area contributed by atoms with Crippen LogP contribution in [0.2, 0.25) is 0 Å². The maximum atomic E-state index is 5.38. The van der Waals surface area contributed by atoms with E-state index in [1.807, 2.05) is 0 Å². The van der Waals surface area contributed by atoms with Gasteiger partial charge in [0.2, 0.25) is 5.89 Å². The molecule has 5 heteroatoms. The Kier molecular flexibility index (Phi) is 4.40. The molecule has 1 saturated heterocycles. The molecule has 0 radical (unpaired) electrons. The summed E-state index contributed by atoms with van der Waals surface area (Å²) in [6.45, 7) is 5.97. The van der Waals surface area contributed by atoms with Gasteiger partial charge in [-0.25, -0.2) is 0 Å². The van der Waals surface area contributed by atoms with E-state index in [-0.39, 0.29) is 0 Å². The molecule has 1 aliphatic rings. The molecule has 1 unspecified atom stereocenters. The van der Waals surface area contributed by atoms with Gasteiger partial charge in [0.1, 0.15) is 0 Å². The number of halogens is 1. The smallest absolute Gasteiger partial charge is 0.240 e. The van der Waals surface area contributed by atoms with Crippen molar-refractivity contribution in [1.29, 1.82) is 0 Å². The van der Waals surface area contributed by atoms with Gasteiger partial charge in [-0.2, -0.15) is 4.98 Å². The number of likely N-dealkylation sites (tertiary alicyclic amines) is 1. The first kappa shape index (κ1) is 14.7. The van der Waals surface area contributed by atoms with Crippen LogP contribution in [0.1, 0.15) is 55.9 Å². The third kappa shape index (κ3) is 3.35. The van der Waals surface area contributed by atoms with Crippen LogP contribution < -0.4 is 0 Å². The predicted octanol–water partition coefficient (Wildman–Crippen LogP) is 4.29. The van der Waals surface area contributed by atoms with Crippen LogP contribution in [-0.2, 0) is 6.54 Å². The Morgan fingerprint density at radius 1 is 1.43 bits per heavy atom. The molecule has 2 aromatic rings. The molecule has 0 N–H and O–H groups in total. The van der Waals surface area contributed by atoms with Crippen molar-refractivity contribution in [1.82, 2.24) is 15.0 Å². The van der Waals surface area contributed by atoms with Crippen LogP contribution in [0.3, 0.4) is 0 Å². The quantitative estimate of drug-likeness (QED) is 0.825. The molecule has 2 heterocycles. The van der Waals surface area contributed by atoms with Gasteiger partial charge in [-0.05, 0) is 37.1 Å². The van der Waals surface area contributed by atoms with Crippen molar-refractivity contribution in [2.45, 2.75) is 45.2 Å². The molecule has 1 fully saturated rings. The highest BCUT2D eigenvalue weighted by Gasteiger charge is 2.27. The van der Waals surface area contributed by atoms with Crippen LogP contribution in [0.4, 0.5) is 0 Å². The summed E-state index contributed by atoms with van der Waals surface area (Å²) in [5, 5.41) is 4.05. The number of hydrogen-bond acceptors (Lipinski definition) is 4. The standard InChI is InChI=1S/C16H20BrN3O/c1-11(2)16-18-15(21-19-16)10-20-8-4-7-14(20)12-5-3-6-13(17)9-12/h3,5-6,9,11,14H,4,7-8,10H2,1-2H3. The van der Waals surface area contributed by atoms with Gasteiger partial charge in [0, 0.05) is 16.4 Å². The zero-order valence-electron chi connectivity index (χ0n) is 12.4. The lowest BCUT2D eigenvalue weighted by molar-refractivity contribution is 0.212. The average molecular weight is 350 g/mol. The van der Waals surface area contributed by atoms with E-state index in [0.717, 1.165) is 29.3 Å². The summed E-state index contributed by atoms with van der Waals surface area (Å²) in [6.07, 6.45) is 2.39. The Balaban J connectivity index is 1.74. The summed E-state index contributed by atoms with van der Waals surface area (Å²) in [7, 11) is 0. The third-order valence-electron chi connectivity index (χ3n) is 3.94. The van der Waals surface area contributed by atoms with Crippen molar-refractivity contribution >= 4 is 15.9 Å². The van der Waals surface area contributed by atoms with E-state index in [4.69, 9.17) is 4.52 Å². The molecule has 0 amide bonds. The minimum atomic E-state index is 0.307. The highest BCUT2D eigenvalue weighted by Crippen LogP contribution is 2.34. The molecule has 0 aliphatic carbocycles. The Bertz CT molecular complexity index is 611. The molecular weight excluding hydrogens is 330 g/mol. The van der Waals surface area contributed by atoms with E-state index in [9.17, 15) is 0 Å².